The van der Waals surface area contributed by atoms with Crippen molar-refractivity contribution in [2.45, 2.75) is 41.5 Å². The molecule has 1 saturated heterocycles. The Morgan fingerprint density at radius 1 is 0.957 bits per heavy atom. The van der Waals surface area contributed by atoms with Crippen LogP contribution in [0, 0.1) is 0 Å². The molecule has 0 bridgehead atoms. The maximum absolute atomic E-state index is 2.56. The molecule has 0 saturated carbocycles. The lowest BCUT2D eigenvalue weighted by atomic mass is 9.99. The van der Waals surface area contributed by atoms with E-state index in [2.05, 4.69) is 65.4 Å². The molecule has 120 valence electrons. The first kappa shape index (κ1) is 15.1. The first-order valence-corrected chi connectivity index (χ1v) is 9.48. The van der Waals surface area contributed by atoms with Gasteiger partial charge in [-0.3, -0.25) is 0 Å². The summed E-state index contributed by atoms with van der Waals surface area (Å²) in [6.07, 6.45) is 5.34. The standard InChI is InChI=1S/C20H24N2S/c1-21-14-7-6-8-16(21)13-15-22-17-9-2-4-11-19(17)23-20-12-5-3-10-18(20)22/h2-5,9-12,16H,6-8,13-15H2,1H3. The Kier molecular flexibility index (Phi) is 4.32. The van der Waals surface area contributed by atoms with Gasteiger partial charge in [0.25, 0.3) is 0 Å². The molecule has 23 heavy (non-hydrogen) atoms. The van der Waals surface area contributed by atoms with Gasteiger partial charge >= 0.3 is 0 Å². The molecule has 3 heteroatoms. The van der Waals surface area contributed by atoms with Crippen molar-refractivity contribution in [1.29, 1.82) is 0 Å². The minimum absolute atomic E-state index is 0.734. The molecule has 0 aromatic heterocycles. The van der Waals surface area contributed by atoms with Crippen LogP contribution in [-0.4, -0.2) is 31.1 Å². The van der Waals surface area contributed by atoms with Crippen LogP contribution in [0.1, 0.15) is 25.7 Å². The third kappa shape index (κ3) is 3.00. The molecule has 2 aliphatic heterocycles. The number of hydrogen-bond acceptors (Lipinski definition) is 3. The summed E-state index contributed by atoms with van der Waals surface area (Å²) in [5, 5.41) is 0. The summed E-state index contributed by atoms with van der Waals surface area (Å²) in [4.78, 5) is 7.84. The van der Waals surface area contributed by atoms with Crippen molar-refractivity contribution in [1.82, 2.24) is 4.90 Å². The van der Waals surface area contributed by atoms with Gasteiger partial charge in [-0.05, 0) is 57.1 Å². The Morgan fingerprint density at radius 3 is 2.26 bits per heavy atom. The Bertz CT molecular complexity index is 639. The number of piperidine rings is 1. The van der Waals surface area contributed by atoms with Crippen LogP contribution in [0.25, 0.3) is 0 Å². The second-order valence-corrected chi connectivity index (χ2v) is 7.69. The molecule has 2 aromatic rings. The van der Waals surface area contributed by atoms with E-state index in [0.29, 0.717) is 0 Å². The summed E-state index contributed by atoms with van der Waals surface area (Å²) < 4.78 is 0. The maximum atomic E-state index is 2.56. The molecule has 2 nitrogen and oxygen atoms in total. The van der Waals surface area contributed by atoms with Gasteiger partial charge in [0, 0.05) is 22.4 Å². The Labute approximate surface area is 143 Å². The molecular formula is C20H24N2S. The molecule has 0 aliphatic carbocycles. The number of nitrogens with zero attached hydrogens (tertiary/aromatic N) is 2. The zero-order chi connectivity index (χ0) is 15.6. The highest BCUT2D eigenvalue weighted by atomic mass is 32.2. The van der Waals surface area contributed by atoms with E-state index in [9.17, 15) is 0 Å². The Hall–Kier alpha value is -1.45. The monoisotopic (exact) mass is 324 g/mol. The third-order valence-corrected chi connectivity index (χ3v) is 6.27. The summed E-state index contributed by atoms with van der Waals surface area (Å²) in [5.74, 6) is 0. The number of likely N-dealkylation sites (tertiary alicyclic amines) is 1. The fourth-order valence-electron chi connectivity index (χ4n) is 3.81. The fourth-order valence-corrected chi connectivity index (χ4v) is 4.90. The van der Waals surface area contributed by atoms with E-state index in [-0.39, 0.29) is 0 Å². The second-order valence-electron chi connectivity index (χ2n) is 6.61. The van der Waals surface area contributed by atoms with E-state index in [4.69, 9.17) is 0 Å². The van der Waals surface area contributed by atoms with Crippen LogP contribution in [0.2, 0.25) is 0 Å². The van der Waals surface area contributed by atoms with Gasteiger partial charge in [0.1, 0.15) is 0 Å². The van der Waals surface area contributed by atoms with Crippen LogP contribution >= 0.6 is 11.8 Å². The lowest BCUT2D eigenvalue weighted by Crippen LogP contribution is -2.38. The van der Waals surface area contributed by atoms with E-state index in [1.54, 1.807) is 0 Å². The van der Waals surface area contributed by atoms with E-state index < -0.39 is 0 Å². The average Bonchev–Trinajstić information content (AvgIpc) is 2.60. The van der Waals surface area contributed by atoms with Crippen molar-refractivity contribution in [2.75, 3.05) is 25.0 Å². The van der Waals surface area contributed by atoms with Crippen molar-refractivity contribution in [3.63, 3.8) is 0 Å². The zero-order valence-electron chi connectivity index (χ0n) is 13.7. The maximum Gasteiger partial charge on any atom is 0.0552 e. The lowest BCUT2D eigenvalue weighted by Gasteiger charge is -2.37. The smallest absolute Gasteiger partial charge is 0.0552 e. The normalized spacial score (nSPS) is 20.9. The molecule has 0 N–H and O–H groups in total. The number of rotatable bonds is 3. The van der Waals surface area contributed by atoms with E-state index >= 15 is 0 Å². The lowest BCUT2D eigenvalue weighted by molar-refractivity contribution is 0.178. The molecule has 0 spiro atoms. The molecule has 4 rings (SSSR count). The van der Waals surface area contributed by atoms with E-state index in [1.165, 1.54) is 53.4 Å². The van der Waals surface area contributed by atoms with Gasteiger partial charge in [-0.2, -0.15) is 0 Å². The Balaban J connectivity index is 1.60. The fraction of sp³-hybridized carbons (Fsp3) is 0.400. The summed E-state index contributed by atoms with van der Waals surface area (Å²) in [6.45, 7) is 2.36. The van der Waals surface area contributed by atoms with E-state index in [1.807, 2.05) is 11.8 Å². The minimum atomic E-state index is 0.734. The van der Waals surface area contributed by atoms with Crippen molar-refractivity contribution in [3.05, 3.63) is 48.5 Å². The Morgan fingerprint density at radius 2 is 1.61 bits per heavy atom. The highest BCUT2D eigenvalue weighted by Gasteiger charge is 2.25. The molecule has 2 aliphatic rings. The van der Waals surface area contributed by atoms with Crippen molar-refractivity contribution in [3.8, 4) is 0 Å². The molecule has 0 radical (unpaired) electrons. The van der Waals surface area contributed by atoms with Crippen LogP contribution in [0.5, 0.6) is 0 Å². The second kappa shape index (κ2) is 6.58. The van der Waals surface area contributed by atoms with Gasteiger partial charge in [-0.25, -0.2) is 0 Å². The largest absolute Gasteiger partial charge is 0.340 e. The minimum Gasteiger partial charge on any atom is -0.340 e. The predicted molar refractivity (Wildman–Crippen MR) is 98.9 cm³/mol. The molecule has 1 atom stereocenters. The quantitative estimate of drug-likeness (QED) is 0.769. The molecule has 1 unspecified atom stereocenters. The SMILES string of the molecule is CN1CCCCC1CCN1c2ccccc2Sc2ccccc21. The van der Waals surface area contributed by atoms with Crippen molar-refractivity contribution < 1.29 is 0 Å². The number of anilines is 2. The van der Waals surface area contributed by atoms with Gasteiger partial charge in [0.05, 0.1) is 11.4 Å². The van der Waals surface area contributed by atoms with Gasteiger partial charge < -0.3 is 9.80 Å². The van der Waals surface area contributed by atoms with Crippen LogP contribution in [0.15, 0.2) is 58.3 Å². The number of para-hydroxylation sites is 2. The summed E-state index contributed by atoms with van der Waals surface area (Å²) >= 11 is 1.90. The van der Waals surface area contributed by atoms with Crippen LogP contribution in [0.3, 0.4) is 0 Å². The molecular weight excluding hydrogens is 300 g/mol. The predicted octanol–water partition coefficient (Wildman–Crippen LogP) is 5.16. The average molecular weight is 324 g/mol. The van der Waals surface area contributed by atoms with Gasteiger partial charge in [-0.1, -0.05) is 42.4 Å². The number of benzene rings is 2. The molecule has 2 aromatic carbocycles. The van der Waals surface area contributed by atoms with Crippen molar-refractivity contribution in [2.24, 2.45) is 0 Å². The van der Waals surface area contributed by atoms with E-state index in [0.717, 1.165) is 12.6 Å². The van der Waals surface area contributed by atoms with Crippen LogP contribution < -0.4 is 4.90 Å². The highest BCUT2D eigenvalue weighted by molar-refractivity contribution is 7.99. The van der Waals surface area contributed by atoms with Crippen LogP contribution in [0.4, 0.5) is 11.4 Å². The summed E-state index contributed by atoms with van der Waals surface area (Å²) in [6, 6.07) is 18.4. The summed E-state index contributed by atoms with van der Waals surface area (Å²) in [7, 11) is 2.29. The van der Waals surface area contributed by atoms with Crippen LogP contribution in [-0.2, 0) is 0 Å². The molecule has 2 heterocycles. The first-order valence-electron chi connectivity index (χ1n) is 8.66. The van der Waals surface area contributed by atoms with Gasteiger partial charge in [0.15, 0.2) is 0 Å². The highest BCUT2D eigenvalue weighted by Crippen LogP contribution is 2.47. The third-order valence-electron chi connectivity index (χ3n) is 5.14. The summed E-state index contributed by atoms with van der Waals surface area (Å²) in [5.41, 5.74) is 2.74. The molecule has 0 amide bonds. The molecule has 1 fully saturated rings. The number of fused-ring (bicyclic) bond motifs is 2. The zero-order valence-corrected chi connectivity index (χ0v) is 14.6. The van der Waals surface area contributed by atoms with Gasteiger partial charge in [0.2, 0.25) is 0 Å². The topological polar surface area (TPSA) is 6.48 Å². The number of hydrogen-bond donors (Lipinski definition) is 0. The first-order chi connectivity index (χ1) is 11.3. The van der Waals surface area contributed by atoms with Crippen molar-refractivity contribution >= 4 is 23.1 Å². The van der Waals surface area contributed by atoms with Gasteiger partial charge in [-0.15, -0.1) is 0 Å².